The molecule has 0 radical (unpaired) electrons. The van der Waals surface area contributed by atoms with Gasteiger partial charge in [-0.15, -0.1) is 11.6 Å². The van der Waals surface area contributed by atoms with Crippen LogP contribution in [0.2, 0.25) is 0 Å². The predicted molar refractivity (Wildman–Crippen MR) is 61.9 cm³/mol. The second-order valence-corrected chi connectivity index (χ2v) is 4.55. The van der Waals surface area contributed by atoms with Crippen molar-refractivity contribution in [3.63, 3.8) is 0 Å². The van der Waals surface area contributed by atoms with Gasteiger partial charge in [0.25, 0.3) is 0 Å². The standard InChI is InChI=1S/C13H17Cl/c1-2-13(10-14,12-8-9-12)11-6-4-3-5-7-11/h3-7,12H,2,8-10H2,1H3. The van der Waals surface area contributed by atoms with E-state index in [4.69, 9.17) is 11.6 Å². The van der Waals surface area contributed by atoms with E-state index in [1.54, 1.807) is 0 Å². The zero-order valence-electron chi connectivity index (χ0n) is 8.67. The molecule has 0 heterocycles. The fourth-order valence-corrected chi connectivity index (χ4v) is 2.98. The summed E-state index contributed by atoms with van der Waals surface area (Å²) in [6.45, 7) is 2.26. The van der Waals surface area contributed by atoms with Crippen molar-refractivity contribution in [2.24, 2.45) is 5.92 Å². The van der Waals surface area contributed by atoms with Crippen LogP contribution >= 0.6 is 11.6 Å². The first-order chi connectivity index (χ1) is 6.83. The summed E-state index contributed by atoms with van der Waals surface area (Å²) >= 11 is 6.19. The van der Waals surface area contributed by atoms with Crippen LogP contribution in [0.1, 0.15) is 31.7 Å². The van der Waals surface area contributed by atoms with Crippen LogP contribution in [0.3, 0.4) is 0 Å². The van der Waals surface area contributed by atoms with E-state index in [1.165, 1.54) is 18.4 Å². The quantitative estimate of drug-likeness (QED) is 0.657. The summed E-state index contributed by atoms with van der Waals surface area (Å²) in [5, 5.41) is 0. The fourth-order valence-electron chi connectivity index (χ4n) is 2.42. The lowest BCUT2D eigenvalue weighted by molar-refractivity contribution is 0.400. The van der Waals surface area contributed by atoms with Crippen molar-refractivity contribution in [1.29, 1.82) is 0 Å². The fraction of sp³-hybridized carbons (Fsp3) is 0.538. The van der Waals surface area contributed by atoms with Gasteiger partial charge in [-0.05, 0) is 30.7 Å². The summed E-state index contributed by atoms with van der Waals surface area (Å²) in [5.74, 6) is 1.59. The zero-order valence-corrected chi connectivity index (χ0v) is 9.43. The van der Waals surface area contributed by atoms with Gasteiger partial charge in [0.2, 0.25) is 0 Å². The molecule has 2 rings (SSSR count). The second-order valence-electron chi connectivity index (χ2n) is 4.28. The van der Waals surface area contributed by atoms with Gasteiger partial charge in [0.15, 0.2) is 0 Å². The van der Waals surface area contributed by atoms with Gasteiger partial charge in [-0.25, -0.2) is 0 Å². The summed E-state index contributed by atoms with van der Waals surface area (Å²) in [4.78, 5) is 0. The van der Waals surface area contributed by atoms with Crippen LogP contribution in [0.25, 0.3) is 0 Å². The zero-order chi connectivity index (χ0) is 10.0. The molecule has 76 valence electrons. The summed E-state index contributed by atoms with van der Waals surface area (Å²) in [7, 11) is 0. The minimum Gasteiger partial charge on any atom is -0.126 e. The Bertz CT molecular complexity index is 283. The maximum absolute atomic E-state index is 6.19. The van der Waals surface area contributed by atoms with Crippen molar-refractivity contribution in [1.82, 2.24) is 0 Å². The number of halogens is 1. The molecule has 1 aliphatic carbocycles. The highest BCUT2D eigenvalue weighted by atomic mass is 35.5. The van der Waals surface area contributed by atoms with Crippen molar-refractivity contribution < 1.29 is 0 Å². The van der Waals surface area contributed by atoms with Gasteiger partial charge < -0.3 is 0 Å². The first-order valence-electron chi connectivity index (χ1n) is 5.45. The molecule has 0 saturated heterocycles. The topological polar surface area (TPSA) is 0 Å². The first-order valence-corrected chi connectivity index (χ1v) is 5.98. The average molecular weight is 209 g/mol. The highest BCUT2D eigenvalue weighted by Gasteiger charge is 2.44. The molecule has 1 atom stereocenters. The lowest BCUT2D eigenvalue weighted by Gasteiger charge is -2.31. The monoisotopic (exact) mass is 208 g/mol. The molecule has 1 aromatic rings. The lowest BCUT2D eigenvalue weighted by Crippen LogP contribution is -2.30. The van der Waals surface area contributed by atoms with Crippen molar-refractivity contribution in [2.75, 3.05) is 5.88 Å². The average Bonchev–Trinajstić information content (AvgIpc) is 3.07. The summed E-state index contributed by atoms with van der Waals surface area (Å²) in [5.41, 5.74) is 1.68. The Hall–Kier alpha value is -0.490. The number of benzene rings is 1. The molecule has 1 aromatic carbocycles. The van der Waals surface area contributed by atoms with E-state index in [-0.39, 0.29) is 5.41 Å². The van der Waals surface area contributed by atoms with E-state index in [0.29, 0.717) is 0 Å². The normalized spacial score (nSPS) is 20.4. The van der Waals surface area contributed by atoms with Gasteiger partial charge in [0.1, 0.15) is 0 Å². The van der Waals surface area contributed by atoms with Crippen LogP contribution < -0.4 is 0 Å². The Kier molecular flexibility index (Phi) is 2.83. The first kappa shape index (κ1) is 10.0. The van der Waals surface area contributed by atoms with E-state index in [2.05, 4.69) is 37.3 Å². The summed E-state index contributed by atoms with van der Waals surface area (Å²) in [6.07, 6.45) is 3.87. The van der Waals surface area contributed by atoms with E-state index < -0.39 is 0 Å². The highest BCUT2D eigenvalue weighted by Crippen LogP contribution is 2.50. The molecule has 14 heavy (non-hydrogen) atoms. The molecular weight excluding hydrogens is 192 g/mol. The van der Waals surface area contributed by atoms with Crippen LogP contribution in [-0.2, 0) is 5.41 Å². The minimum absolute atomic E-state index is 0.253. The van der Waals surface area contributed by atoms with E-state index >= 15 is 0 Å². The Labute approximate surface area is 91.3 Å². The van der Waals surface area contributed by atoms with Gasteiger partial charge >= 0.3 is 0 Å². The number of hydrogen-bond donors (Lipinski definition) is 0. The maximum atomic E-state index is 6.19. The second kappa shape index (κ2) is 3.94. The van der Waals surface area contributed by atoms with E-state index in [9.17, 15) is 0 Å². The molecular formula is C13H17Cl. The van der Waals surface area contributed by atoms with Gasteiger partial charge in [0, 0.05) is 11.3 Å². The van der Waals surface area contributed by atoms with Crippen LogP contribution in [0.4, 0.5) is 0 Å². The molecule has 0 nitrogen and oxygen atoms in total. The molecule has 1 aliphatic rings. The molecule has 1 fully saturated rings. The third-order valence-electron chi connectivity index (χ3n) is 3.58. The largest absolute Gasteiger partial charge is 0.126 e. The number of rotatable bonds is 4. The minimum atomic E-state index is 0.253. The van der Waals surface area contributed by atoms with E-state index in [1.807, 2.05) is 0 Å². The molecule has 0 amide bonds. The SMILES string of the molecule is CCC(CCl)(c1ccccc1)C1CC1. The summed E-state index contributed by atoms with van der Waals surface area (Å²) in [6, 6.07) is 10.8. The van der Waals surface area contributed by atoms with Gasteiger partial charge in [-0.2, -0.15) is 0 Å². The van der Waals surface area contributed by atoms with Crippen LogP contribution in [0.15, 0.2) is 30.3 Å². The van der Waals surface area contributed by atoms with Gasteiger partial charge in [-0.1, -0.05) is 37.3 Å². The maximum Gasteiger partial charge on any atom is 0.0323 e. The Balaban J connectivity index is 2.34. The third kappa shape index (κ3) is 1.56. The van der Waals surface area contributed by atoms with Crippen molar-refractivity contribution in [3.8, 4) is 0 Å². The Morgan fingerprint density at radius 2 is 1.93 bits per heavy atom. The molecule has 1 unspecified atom stereocenters. The van der Waals surface area contributed by atoms with Crippen molar-refractivity contribution in [3.05, 3.63) is 35.9 Å². The molecule has 0 bridgehead atoms. The van der Waals surface area contributed by atoms with Crippen LogP contribution in [0.5, 0.6) is 0 Å². The molecule has 0 aromatic heterocycles. The summed E-state index contributed by atoms with van der Waals surface area (Å²) < 4.78 is 0. The molecule has 1 saturated carbocycles. The Morgan fingerprint density at radius 3 is 2.36 bits per heavy atom. The number of hydrogen-bond acceptors (Lipinski definition) is 0. The lowest BCUT2D eigenvalue weighted by atomic mass is 9.75. The molecule has 0 aliphatic heterocycles. The third-order valence-corrected chi connectivity index (χ3v) is 4.05. The van der Waals surface area contributed by atoms with Crippen molar-refractivity contribution >= 4 is 11.6 Å². The Morgan fingerprint density at radius 1 is 1.29 bits per heavy atom. The molecule has 0 N–H and O–H groups in total. The molecule has 1 heteroatoms. The van der Waals surface area contributed by atoms with Crippen LogP contribution in [0, 0.1) is 5.92 Å². The van der Waals surface area contributed by atoms with Gasteiger partial charge in [-0.3, -0.25) is 0 Å². The predicted octanol–water partition coefficient (Wildman–Crippen LogP) is 3.98. The van der Waals surface area contributed by atoms with Crippen molar-refractivity contribution in [2.45, 2.75) is 31.6 Å². The van der Waals surface area contributed by atoms with Gasteiger partial charge in [0.05, 0.1) is 0 Å². The van der Waals surface area contributed by atoms with E-state index in [0.717, 1.165) is 18.2 Å². The molecule has 0 spiro atoms. The highest BCUT2D eigenvalue weighted by molar-refractivity contribution is 6.18. The number of alkyl halides is 1. The van der Waals surface area contributed by atoms with Crippen LogP contribution in [-0.4, -0.2) is 5.88 Å². The smallest absolute Gasteiger partial charge is 0.0323 e.